The fraction of sp³-hybridized carbons (Fsp3) is 0.400. The van der Waals surface area contributed by atoms with Gasteiger partial charge in [-0.1, -0.05) is 35.0 Å². The number of aromatic nitrogens is 2. The van der Waals surface area contributed by atoms with Crippen molar-refractivity contribution in [1.29, 1.82) is 0 Å². The summed E-state index contributed by atoms with van der Waals surface area (Å²) in [7, 11) is 0. The number of hydrogen-bond donors (Lipinski definition) is 1. The molecule has 0 aliphatic carbocycles. The first-order valence-corrected chi connectivity index (χ1v) is 7.37. The minimum atomic E-state index is 0.104. The second-order valence-corrected chi connectivity index (χ2v) is 5.67. The molecule has 0 amide bonds. The SMILES string of the molecule is CCc1c(C)nn(C(CN)c2ccc(Br)cc2)c1C. The molecule has 0 saturated heterocycles. The van der Waals surface area contributed by atoms with E-state index in [9.17, 15) is 0 Å². The molecule has 0 fully saturated rings. The minimum absolute atomic E-state index is 0.104. The molecule has 1 unspecified atom stereocenters. The number of halogens is 1. The lowest BCUT2D eigenvalue weighted by Gasteiger charge is -2.18. The molecule has 102 valence electrons. The van der Waals surface area contributed by atoms with Crippen molar-refractivity contribution in [3.63, 3.8) is 0 Å². The molecule has 2 N–H and O–H groups in total. The third kappa shape index (κ3) is 2.74. The fourth-order valence-corrected chi connectivity index (χ4v) is 2.84. The summed E-state index contributed by atoms with van der Waals surface area (Å²) in [6.07, 6.45) is 1.01. The number of hydrogen-bond acceptors (Lipinski definition) is 2. The third-order valence-corrected chi connectivity index (χ3v) is 4.13. The van der Waals surface area contributed by atoms with Crippen LogP contribution in [0.2, 0.25) is 0 Å². The highest BCUT2D eigenvalue weighted by Crippen LogP contribution is 2.24. The van der Waals surface area contributed by atoms with Crippen LogP contribution in [0.25, 0.3) is 0 Å². The van der Waals surface area contributed by atoms with Crippen LogP contribution in [-0.4, -0.2) is 16.3 Å². The molecular formula is C15H20BrN3. The highest BCUT2D eigenvalue weighted by molar-refractivity contribution is 9.10. The van der Waals surface area contributed by atoms with E-state index in [1.165, 1.54) is 16.8 Å². The second kappa shape index (κ2) is 5.88. The first-order valence-electron chi connectivity index (χ1n) is 6.58. The second-order valence-electron chi connectivity index (χ2n) is 4.75. The Labute approximate surface area is 122 Å². The van der Waals surface area contributed by atoms with Crippen LogP contribution in [-0.2, 0) is 6.42 Å². The highest BCUT2D eigenvalue weighted by atomic mass is 79.9. The first kappa shape index (κ1) is 14.3. The van der Waals surface area contributed by atoms with Gasteiger partial charge in [-0.15, -0.1) is 0 Å². The largest absolute Gasteiger partial charge is 0.328 e. The lowest BCUT2D eigenvalue weighted by atomic mass is 10.1. The smallest absolute Gasteiger partial charge is 0.0893 e. The standard InChI is InChI=1S/C15H20BrN3/c1-4-14-10(2)18-19(11(14)3)15(9-17)12-5-7-13(16)8-6-12/h5-8,15H,4,9,17H2,1-3H3. The molecule has 1 aromatic heterocycles. The van der Waals surface area contributed by atoms with Gasteiger partial charge in [0.15, 0.2) is 0 Å². The van der Waals surface area contributed by atoms with Gasteiger partial charge in [0.2, 0.25) is 0 Å². The summed E-state index contributed by atoms with van der Waals surface area (Å²) in [5.74, 6) is 0. The molecule has 0 bridgehead atoms. The fourth-order valence-electron chi connectivity index (χ4n) is 2.57. The van der Waals surface area contributed by atoms with Crippen LogP contribution in [0.15, 0.2) is 28.7 Å². The van der Waals surface area contributed by atoms with Gasteiger partial charge in [0, 0.05) is 16.7 Å². The van der Waals surface area contributed by atoms with Crippen molar-refractivity contribution in [2.75, 3.05) is 6.54 Å². The van der Waals surface area contributed by atoms with Gasteiger partial charge >= 0.3 is 0 Å². The number of nitrogens with two attached hydrogens (primary N) is 1. The van der Waals surface area contributed by atoms with Gasteiger partial charge in [0.25, 0.3) is 0 Å². The maximum atomic E-state index is 5.97. The highest BCUT2D eigenvalue weighted by Gasteiger charge is 2.18. The summed E-state index contributed by atoms with van der Waals surface area (Å²) in [4.78, 5) is 0. The van der Waals surface area contributed by atoms with Crippen LogP contribution >= 0.6 is 15.9 Å². The first-order chi connectivity index (χ1) is 9.08. The quantitative estimate of drug-likeness (QED) is 0.938. The molecule has 0 aliphatic heterocycles. The zero-order chi connectivity index (χ0) is 14.0. The van der Waals surface area contributed by atoms with E-state index in [0.29, 0.717) is 6.54 Å². The summed E-state index contributed by atoms with van der Waals surface area (Å²) in [5.41, 5.74) is 10.8. The zero-order valence-corrected chi connectivity index (χ0v) is 13.2. The number of benzene rings is 1. The van der Waals surface area contributed by atoms with Crippen LogP contribution in [0, 0.1) is 13.8 Å². The Balaban J connectivity index is 2.45. The van der Waals surface area contributed by atoms with E-state index in [0.717, 1.165) is 16.6 Å². The van der Waals surface area contributed by atoms with Crippen molar-refractivity contribution < 1.29 is 0 Å². The Kier molecular flexibility index (Phi) is 4.42. The van der Waals surface area contributed by atoms with Crippen molar-refractivity contribution in [2.45, 2.75) is 33.2 Å². The van der Waals surface area contributed by atoms with Crippen LogP contribution in [0.4, 0.5) is 0 Å². The Hall–Kier alpha value is -1.13. The maximum absolute atomic E-state index is 5.97. The van der Waals surface area contributed by atoms with E-state index < -0.39 is 0 Å². The normalized spacial score (nSPS) is 12.7. The van der Waals surface area contributed by atoms with Crippen LogP contribution < -0.4 is 5.73 Å². The average Bonchev–Trinajstić information content (AvgIpc) is 2.68. The topological polar surface area (TPSA) is 43.8 Å². The molecule has 1 aromatic carbocycles. The molecule has 1 atom stereocenters. The molecule has 0 radical (unpaired) electrons. The van der Waals surface area contributed by atoms with Gasteiger partial charge in [-0.3, -0.25) is 4.68 Å². The monoisotopic (exact) mass is 321 g/mol. The van der Waals surface area contributed by atoms with Crippen LogP contribution in [0.1, 0.15) is 35.5 Å². The van der Waals surface area contributed by atoms with Gasteiger partial charge in [0.05, 0.1) is 11.7 Å². The molecule has 0 spiro atoms. The Morgan fingerprint density at radius 1 is 1.26 bits per heavy atom. The molecule has 3 nitrogen and oxygen atoms in total. The van der Waals surface area contributed by atoms with E-state index >= 15 is 0 Å². The number of rotatable bonds is 4. The van der Waals surface area contributed by atoms with Crippen molar-refractivity contribution in [2.24, 2.45) is 5.73 Å². The number of aryl methyl sites for hydroxylation is 1. The summed E-state index contributed by atoms with van der Waals surface area (Å²) in [6, 6.07) is 8.40. The van der Waals surface area contributed by atoms with E-state index in [-0.39, 0.29) is 6.04 Å². The van der Waals surface area contributed by atoms with E-state index in [1.54, 1.807) is 0 Å². The minimum Gasteiger partial charge on any atom is -0.328 e. The summed E-state index contributed by atoms with van der Waals surface area (Å²) < 4.78 is 3.15. The number of nitrogens with zero attached hydrogens (tertiary/aromatic N) is 2. The molecule has 0 aliphatic rings. The summed E-state index contributed by atoms with van der Waals surface area (Å²) in [5, 5.41) is 4.68. The summed E-state index contributed by atoms with van der Waals surface area (Å²) in [6.45, 7) is 6.91. The Morgan fingerprint density at radius 2 is 1.89 bits per heavy atom. The molecule has 1 heterocycles. The molecule has 19 heavy (non-hydrogen) atoms. The van der Waals surface area contributed by atoms with Gasteiger partial charge in [-0.25, -0.2) is 0 Å². The molecule has 0 saturated carbocycles. The van der Waals surface area contributed by atoms with E-state index in [2.05, 4.69) is 58.6 Å². The Morgan fingerprint density at radius 3 is 2.37 bits per heavy atom. The lowest BCUT2D eigenvalue weighted by molar-refractivity contribution is 0.516. The van der Waals surface area contributed by atoms with Crippen molar-refractivity contribution >= 4 is 15.9 Å². The predicted octanol–water partition coefficient (Wildman–Crippen LogP) is 3.37. The van der Waals surface area contributed by atoms with Crippen molar-refractivity contribution in [3.05, 3.63) is 51.3 Å². The molecule has 2 rings (SSSR count). The molecule has 2 aromatic rings. The van der Waals surface area contributed by atoms with Gasteiger partial charge in [-0.05, 0) is 43.5 Å². The van der Waals surface area contributed by atoms with Gasteiger partial charge < -0.3 is 5.73 Å². The van der Waals surface area contributed by atoms with Crippen LogP contribution in [0.3, 0.4) is 0 Å². The average molecular weight is 322 g/mol. The van der Waals surface area contributed by atoms with Gasteiger partial charge in [0.1, 0.15) is 0 Å². The molecular weight excluding hydrogens is 302 g/mol. The Bertz CT molecular complexity index is 558. The van der Waals surface area contributed by atoms with E-state index in [4.69, 9.17) is 5.73 Å². The zero-order valence-electron chi connectivity index (χ0n) is 11.7. The van der Waals surface area contributed by atoms with E-state index in [1.807, 2.05) is 12.1 Å². The predicted molar refractivity (Wildman–Crippen MR) is 82.4 cm³/mol. The van der Waals surface area contributed by atoms with Crippen molar-refractivity contribution in [3.8, 4) is 0 Å². The van der Waals surface area contributed by atoms with Crippen LogP contribution in [0.5, 0.6) is 0 Å². The summed E-state index contributed by atoms with van der Waals surface area (Å²) >= 11 is 3.46. The molecule has 4 heteroatoms. The third-order valence-electron chi connectivity index (χ3n) is 3.60. The van der Waals surface area contributed by atoms with Gasteiger partial charge in [-0.2, -0.15) is 5.10 Å². The van der Waals surface area contributed by atoms with Crippen molar-refractivity contribution in [1.82, 2.24) is 9.78 Å². The maximum Gasteiger partial charge on any atom is 0.0893 e. The lowest BCUT2D eigenvalue weighted by Crippen LogP contribution is -2.22.